The number of isocyanates is 2. The summed E-state index contributed by atoms with van der Waals surface area (Å²) in [5.74, 6) is 0. The van der Waals surface area contributed by atoms with E-state index in [1.807, 2.05) is 25.1 Å². The fourth-order valence-corrected chi connectivity index (χ4v) is 3.46. The van der Waals surface area contributed by atoms with E-state index in [2.05, 4.69) is 29.0 Å². The van der Waals surface area contributed by atoms with Crippen molar-refractivity contribution in [2.24, 2.45) is 9.98 Å². The Kier molecular flexibility index (Phi) is 4.03. The van der Waals surface area contributed by atoms with E-state index in [0.717, 1.165) is 39.5 Å². The van der Waals surface area contributed by atoms with Crippen LogP contribution in [0.5, 0.6) is 0 Å². The fourth-order valence-electron chi connectivity index (χ4n) is 3.46. The normalized spacial score (nSPS) is 16.0. The van der Waals surface area contributed by atoms with Gasteiger partial charge < -0.3 is 0 Å². The summed E-state index contributed by atoms with van der Waals surface area (Å²) in [4.78, 5) is 29.9. The molecule has 0 spiro atoms. The number of nitrogens with zero attached hydrogens (tertiary/aromatic N) is 2. The highest BCUT2D eigenvalue weighted by Gasteiger charge is 2.29. The molecular weight excluding hydrogens is 288 g/mol. The molecule has 0 aromatic heterocycles. The van der Waals surface area contributed by atoms with Crippen LogP contribution >= 0.6 is 0 Å². The minimum absolute atomic E-state index is 0.437. The molecule has 0 fully saturated rings. The maximum Gasteiger partial charge on any atom is 0.240 e. The summed E-state index contributed by atoms with van der Waals surface area (Å²) in [6.07, 6.45) is 4.81. The first-order valence-corrected chi connectivity index (χ1v) is 7.69. The van der Waals surface area contributed by atoms with Crippen molar-refractivity contribution in [2.45, 2.75) is 32.7 Å². The maximum atomic E-state index is 11.0. The Hall–Kier alpha value is -2.80. The third-order valence-electron chi connectivity index (χ3n) is 4.43. The summed E-state index contributed by atoms with van der Waals surface area (Å²) in [5, 5.41) is 2.07. The average molecular weight is 304 g/mol. The van der Waals surface area contributed by atoms with Crippen LogP contribution in [0, 0.1) is 0 Å². The molecule has 0 N–H and O–H groups in total. The van der Waals surface area contributed by atoms with Crippen molar-refractivity contribution >= 4 is 28.6 Å². The Morgan fingerprint density at radius 2 is 1.87 bits per heavy atom. The van der Waals surface area contributed by atoms with E-state index < -0.39 is 6.04 Å². The largest absolute Gasteiger partial charge is 0.240 e. The molecule has 1 aliphatic rings. The zero-order valence-corrected chi connectivity index (χ0v) is 13.1. The lowest BCUT2D eigenvalue weighted by atomic mass is 9.80. The molecule has 4 nitrogen and oxygen atoms in total. The molecule has 3 rings (SSSR count). The number of carbonyl (C=O) groups excluding carboxylic acids is 2. The van der Waals surface area contributed by atoms with Gasteiger partial charge in [0.15, 0.2) is 0 Å². The number of rotatable bonds is 4. The van der Waals surface area contributed by atoms with E-state index >= 15 is 0 Å². The Labute approximate surface area is 134 Å². The second kappa shape index (κ2) is 6.13. The van der Waals surface area contributed by atoms with Crippen LogP contribution in [0.4, 0.5) is 0 Å². The van der Waals surface area contributed by atoms with Gasteiger partial charge in [-0.15, -0.1) is 0 Å². The molecule has 0 heterocycles. The second-order valence-corrected chi connectivity index (χ2v) is 5.45. The van der Waals surface area contributed by atoms with E-state index in [1.54, 1.807) is 12.2 Å². The Bertz CT molecular complexity index is 914. The van der Waals surface area contributed by atoms with Crippen molar-refractivity contribution in [1.29, 1.82) is 0 Å². The summed E-state index contributed by atoms with van der Waals surface area (Å²) in [6, 6.07) is 9.64. The van der Waals surface area contributed by atoms with Gasteiger partial charge in [0.2, 0.25) is 12.2 Å². The van der Waals surface area contributed by atoms with Crippen LogP contribution in [0.2, 0.25) is 0 Å². The molecule has 0 saturated carbocycles. The summed E-state index contributed by atoms with van der Waals surface area (Å²) in [7, 11) is 0. The van der Waals surface area contributed by atoms with Crippen LogP contribution in [-0.4, -0.2) is 12.2 Å². The predicted octanol–water partition coefficient (Wildman–Crippen LogP) is 4.25. The fraction of sp³-hybridized carbons (Fsp3) is 0.263. The van der Waals surface area contributed by atoms with Gasteiger partial charge in [-0.2, -0.15) is 9.98 Å². The smallest absolute Gasteiger partial charge is 0.211 e. The van der Waals surface area contributed by atoms with Gasteiger partial charge in [0.05, 0.1) is 5.70 Å². The zero-order valence-electron chi connectivity index (χ0n) is 13.1. The third kappa shape index (κ3) is 2.25. The van der Waals surface area contributed by atoms with E-state index in [4.69, 9.17) is 0 Å². The van der Waals surface area contributed by atoms with Gasteiger partial charge in [0.1, 0.15) is 6.04 Å². The monoisotopic (exact) mass is 304 g/mol. The van der Waals surface area contributed by atoms with Crippen molar-refractivity contribution in [1.82, 2.24) is 0 Å². The Morgan fingerprint density at radius 1 is 1.04 bits per heavy atom. The number of hydrogen-bond donors (Lipinski definition) is 0. The summed E-state index contributed by atoms with van der Waals surface area (Å²) < 4.78 is 0. The number of aliphatic imine (C=N–C) groups is 2. The van der Waals surface area contributed by atoms with Crippen molar-refractivity contribution in [2.75, 3.05) is 0 Å². The third-order valence-corrected chi connectivity index (χ3v) is 4.43. The van der Waals surface area contributed by atoms with Crippen molar-refractivity contribution < 1.29 is 9.59 Å². The summed E-state index contributed by atoms with van der Waals surface area (Å²) >= 11 is 0. The van der Waals surface area contributed by atoms with E-state index in [-0.39, 0.29) is 0 Å². The molecule has 0 saturated heterocycles. The molecule has 1 atom stereocenters. The molecule has 23 heavy (non-hydrogen) atoms. The molecule has 0 aliphatic heterocycles. The van der Waals surface area contributed by atoms with E-state index in [1.165, 1.54) is 0 Å². The molecule has 0 bridgehead atoms. The molecular formula is C19H16N2O2. The first-order valence-electron chi connectivity index (χ1n) is 7.69. The van der Waals surface area contributed by atoms with E-state index in [9.17, 15) is 9.59 Å². The minimum atomic E-state index is -0.437. The molecule has 0 radical (unpaired) electrons. The lowest BCUT2D eigenvalue weighted by molar-refractivity contribution is 0.560. The van der Waals surface area contributed by atoms with Gasteiger partial charge in [-0.3, -0.25) is 0 Å². The Morgan fingerprint density at radius 3 is 2.52 bits per heavy atom. The summed E-state index contributed by atoms with van der Waals surface area (Å²) in [6.45, 7) is 4.05. The standard InChI is InChI=1S/C19H16N2O2/c1-3-12-8-9-13-6-5-7-15-16(13)17(12)19(21-11-23)14(4-2)18(15)20-10-22/h5-9,18H,3-4H2,1-2H3. The highest BCUT2D eigenvalue weighted by atomic mass is 16.1. The molecule has 1 unspecified atom stereocenters. The minimum Gasteiger partial charge on any atom is -0.211 e. The average Bonchev–Trinajstić information content (AvgIpc) is 2.58. The van der Waals surface area contributed by atoms with Gasteiger partial charge in [-0.25, -0.2) is 9.59 Å². The molecule has 1 aliphatic carbocycles. The van der Waals surface area contributed by atoms with Crippen molar-refractivity contribution in [3.63, 3.8) is 0 Å². The zero-order chi connectivity index (χ0) is 16.4. The topological polar surface area (TPSA) is 58.9 Å². The highest BCUT2D eigenvalue weighted by Crippen LogP contribution is 2.46. The van der Waals surface area contributed by atoms with Crippen LogP contribution in [0.25, 0.3) is 16.5 Å². The molecule has 2 aromatic carbocycles. The molecule has 2 aromatic rings. The van der Waals surface area contributed by atoms with Crippen LogP contribution in [0.1, 0.15) is 43.0 Å². The number of benzene rings is 2. The maximum absolute atomic E-state index is 11.0. The number of hydrogen-bond acceptors (Lipinski definition) is 4. The van der Waals surface area contributed by atoms with Gasteiger partial charge >= 0.3 is 0 Å². The van der Waals surface area contributed by atoms with Crippen LogP contribution < -0.4 is 0 Å². The van der Waals surface area contributed by atoms with Gasteiger partial charge in [-0.05, 0) is 40.3 Å². The van der Waals surface area contributed by atoms with Crippen LogP contribution in [-0.2, 0) is 16.0 Å². The van der Waals surface area contributed by atoms with Crippen LogP contribution in [0.3, 0.4) is 0 Å². The first kappa shape index (κ1) is 15.1. The first-order chi connectivity index (χ1) is 11.3. The lowest BCUT2D eigenvalue weighted by Gasteiger charge is -2.27. The van der Waals surface area contributed by atoms with Gasteiger partial charge in [0, 0.05) is 5.56 Å². The van der Waals surface area contributed by atoms with E-state index in [0.29, 0.717) is 12.1 Å². The van der Waals surface area contributed by atoms with Crippen molar-refractivity contribution in [3.8, 4) is 0 Å². The number of aryl methyl sites for hydroxylation is 1. The van der Waals surface area contributed by atoms with Gasteiger partial charge in [0.25, 0.3) is 0 Å². The second-order valence-electron chi connectivity index (χ2n) is 5.45. The van der Waals surface area contributed by atoms with Crippen molar-refractivity contribution in [3.05, 3.63) is 52.6 Å². The van der Waals surface area contributed by atoms with Gasteiger partial charge in [-0.1, -0.05) is 44.2 Å². The molecule has 4 heteroatoms. The lowest BCUT2D eigenvalue weighted by Crippen LogP contribution is -2.11. The summed E-state index contributed by atoms with van der Waals surface area (Å²) in [5.41, 5.74) is 4.53. The predicted molar refractivity (Wildman–Crippen MR) is 89.5 cm³/mol. The molecule has 114 valence electrons. The molecule has 0 amide bonds. The van der Waals surface area contributed by atoms with Crippen LogP contribution in [0.15, 0.2) is 45.9 Å². The quantitative estimate of drug-likeness (QED) is 0.626. The SMILES string of the molecule is CCC1=C(N=C=O)c2c(CC)ccc3cccc(c23)C1N=C=O. The highest BCUT2D eigenvalue weighted by molar-refractivity contribution is 6.01. The Balaban J connectivity index is 2.54.